The number of nitrogens with one attached hydrogen (secondary N) is 1. The SMILES string of the molecule is COc1ccc([C@H]2c3c(-c4ccc(Br)cc4)n[nH]c3C(=O)N2c2ccc(C)cc2)cc1. The van der Waals surface area contributed by atoms with Gasteiger partial charge in [0.2, 0.25) is 0 Å². The second-order valence-electron chi connectivity index (χ2n) is 7.55. The quantitative estimate of drug-likeness (QED) is 0.400. The average Bonchev–Trinajstić information content (AvgIpc) is 3.34. The molecule has 0 fully saturated rings. The maximum absolute atomic E-state index is 13.5. The number of anilines is 1. The number of halogens is 1. The molecule has 5 rings (SSSR count). The summed E-state index contributed by atoms with van der Waals surface area (Å²) < 4.78 is 6.33. The van der Waals surface area contributed by atoms with Crippen LogP contribution in [0.3, 0.4) is 0 Å². The highest BCUT2D eigenvalue weighted by Gasteiger charge is 2.43. The summed E-state index contributed by atoms with van der Waals surface area (Å²) in [5, 5.41) is 7.53. The molecule has 1 aliphatic rings. The monoisotopic (exact) mass is 473 g/mol. The van der Waals surface area contributed by atoms with Crippen LogP contribution in [0.15, 0.2) is 77.3 Å². The number of nitrogens with zero attached hydrogens (tertiary/aromatic N) is 2. The zero-order valence-corrected chi connectivity index (χ0v) is 18.7. The molecule has 0 saturated heterocycles. The van der Waals surface area contributed by atoms with Gasteiger partial charge >= 0.3 is 0 Å². The van der Waals surface area contributed by atoms with Crippen LogP contribution in [-0.2, 0) is 0 Å². The third-order valence-electron chi connectivity index (χ3n) is 5.63. The molecule has 1 atom stereocenters. The van der Waals surface area contributed by atoms with E-state index in [0.29, 0.717) is 5.69 Å². The van der Waals surface area contributed by atoms with Gasteiger partial charge in [-0.2, -0.15) is 5.10 Å². The number of carbonyl (C=O) groups is 1. The maximum Gasteiger partial charge on any atom is 0.277 e. The van der Waals surface area contributed by atoms with E-state index in [4.69, 9.17) is 4.74 Å². The van der Waals surface area contributed by atoms with Crippen molar-refractivity contribution in [3.05, 3.63) is 99.7 Å². The average molecular weight is 474 g/mol. The number of aryl methyl sites for hydroxylation is 1. The minimum Gasteiger partial charge on any atom is -0.497 e. The van der Waals surface area contributed by atoms with E-state index < -0.39 is 0 Å². The summed E-state index contributed by atoms with van der Waals surface area (Å²) in [5.74, 6) is 0.686. The van der Waals surface area contributed by atoms with Gasteiger partial charge < -0.3 is 4.74 Å². The Morgan fingerprint density at radius 1 is 0.968 bits per heavy atom. The van der Waals surface area contributed by atoms with Crippen LogP contribution in [0.4, 0.5) is 5.69 Å². The summed E-state index contributed by atoms with van der Waals surface area (Å²) in [6.07, 6.45) is 0. The molecule has 0 bridgehead atoms. The van der Waals surface area contributed by atoms with Crippen molar-refractivity contribution in [1.82, 2.24) is 10.2 Å². The highest BCUT2D eigenvalue weighted by Crippen LogP contribution is 2.45. The van der Waals surface area contributed by atoms with Crippen LogP contribution >= 0.6 is 15.9 Å². The first kappa shape index (κ1) is 19.6. The number of fused-ring (bicyclic) bond motifs is 1. The van der Waals surface area contributed by atoms with Crippen molar-refractivity contribution >= 4 is 27.5 Å². The van der Waals surface area contributed by atoms with Gasteiger partial charge in [-0.1, -0.05) is 57.9 Å². The first-order chi connectivity index (χ1) is 15.1. The summed E-state index contributed by atoms with van der Waals surface area (Å²) in [5.41, 5.74) is 6.14. The molecule has 3 aromatic carbocycles. The first-order valence-corrected chi connectivity index (χ1v) is 10.7. The van der Waals surface area contributed by atoms with Gasteiger partial charge in [0.05, 0.1) is 18.8 Å². The van der Waals surface area contributed by atoms with E-state index in [1.807, 2.05) is 84.6 Å². The normalized spacial score (nSPS) is 15.3. The van der Waals surface area contributed by atoms with Crippen molar-refractivity contribution in [2.45, 2.75) is 13.0 Å². The van der Waals surface area contributed by atoms with Gasteiger partial charge in [-0.25, -0.2) is 0 Å². The molecule has 2 heterocycles. The fraction of sp³-hybridized carbons (Fsp3) is 0.120. The van der Waals surface area contributed by atoms with Crippen LogP contribution in [-0.4, -0.2) is 23.2 Å². The molecule has 154 valence electrons. The van der Waals surface area contributed by atoms with Crippen molar-refractivity contribution in [1.29, 1.82) is 0 Å². The number of amides is 1. The Hall–Kier alpha value is -3.38. The molecule has 0 unspecified atom stereocenters. The predicted molar refractivity (Wildman–Crippen MR) is 125 cm³/mol. The molecule has 31 heavy (non-hydrogen) atoms. The second-order valence-corrected chi connectivity index (χ2v) is 8.47. The number of carbonyl (C=O) groups excluding carboxylic acids is 1. The molecule has 4 aromatic rings. The van der Waals surface area contributed by atoms with Crippen LogP contribution in [0.1, 0.15) is 33.2 Å². The lowest BCUT2D eigenvalue weighted by molar-refractivity contribution is 0.0989. The van der Waals surface area contributed by atoms with Crippen molar-refractivity contribution in [3.8, 4) is 17.0 Å². The molecular weight excluding hydrogens is 454 g/mol. The number of rotatable bonds is 4. The van der Waals surface area contributed by atoms with Crippen molar-refractivity contribution in [2.75, 3.05) is 12.0 Å². The Balaban J connectivity index is 1.70. The standard InChI is InChI=1S/C25H20BrN3O2/c1-15-3-11-19(12-4-15)29-24(17-7-13-20(31-2)14-8-17)21-22(27-28-23(21)25(29)30)16-5-9-18(26)10-6-16/h3-14,24H,1-2H3,(H,27,28)/t24-/m0/s1. The smallest absolute Gasteiger partial charge is 0.277 e. The Kier molecular flexibility index (Phi) is 4.87. The van der Waals surface area contributed by atoms with Crippen LogP contribution in [0.25, 0.3) is 11.3 Å². The molecular formula is C25H20BrN3O2. The third kappa shape index (κ3) is 3.33. The van der Waals surface area contributed by atoms with Gasteiger partial charge in [-0.05, 0) is 48.9 Å². The van der Waals surface area contributed by atoms with Gasteiger partial charge in [0, 0.05) is 21.3 Å². The third-order valence-corrected chi connectivity index (χ3v) is 6.16. The molecule has 0 saturated carbocycles. The van der Waals surface area contributed by atoms with Gasteiger partial charge in [0.1, 0.15) is 11.4 Å². The molecule has 0 radical (unpaired) electrons. The topological polar surface area (TPSA) is 58.2 Å². The maximum atomic E-state index is 13.5. The van der Waals surface area contributed by atoms with E-state index in [9.17, 15) is 4.79 Å². The lowest BCUT2D eigenvalue weighted by Gasteiger charge is -2.26. The van der Waals surface area contributed by atoms with E-state index in [-0.39, 0.29) is 11.9 Å². The number of aromatic amines is 1. The number of H-pyrrole nitrogens is 1. The van der Waals surface area contributed by atoms with Gasteiger partial charge in [-0.15, -0.1) is 0 Å². The van der Waals surface area contributed by atoms with Crippen molar-refractivity contribution in [3.63, 3.8) is 0 Å². The molecule has 6 heteroatoms. The van der Waals surface area contributed by atoms with E-state index in [1.54, 1.807) is 7.11 Å². The zero-order chi connectivity index (χ0) is 21.5. The number of methoxy groups -OCH3 is 1. The van der Waals surface area contributed by atoms with Crippen LogP contribution < -0.4 is 9.64 Å². The van der Waals surface area contributed by atoms with Crippen LogP contribution in [0, 0.1) is 6.92 Å². The number of aromatic nitrogens is 2. The van der Waals surface area contributed by atoms with Crippen LogP contribution in [0.2, 0.25) is 0 Å². The molecule has 1 aromatic heterocycles. The molecule has 1 N–H and O–H groups in total. The largest absolute Gasteiger partial charge is 0.497 e. The lowest BCUT2D eigenvalue weighted by atomic mass is 9.95. The van der Waals surface area contributed by atoms with Crippen LogP contribution in [0.5, 0.6) is 5.75 Å². The number of benzene rings is 3. The molecule has 0 aliphatic carbocycles. The summed E-state index contributed by atoms with van der Waals surface area (Å²) in [7, 11) is 1.65. The Morgan fingerprint density at radius 2 is 1.65 bits per heavy atom. The summed E-state index contributed by atoms with van der Waals surface area (Å²) in [6.45, 7) is 2.04. The summed E-state index contributed by atoms with van der Waals surface area (Å²) in [4.78, 5) is 15.3. The van der Waals surface area contributed by atoms with E-state index in [0.717, 1.165) is 43.9 Å². The van der Waals surface area contributed by atoms with E-state index in [2.05, 4.69) is 26.1 Å². The molecule has 1 amide bonds. The minimum absolute atomic E-state index is 0.0875. The van der Waals surface area contributed by atoms with Gasteiger partial charge in [-0.3, -0.25) is 14.8 Å². The second kappa shape index (κ2) is 7.71. The Labute approximate surface area is 188 Å². The zero-order valence-electron chi connectivity index (χ0n) is 17.1. The highest BCUT2D eigenvalue weighted by molar-refractivity contribution is 9.10. The van der Waals surface area contributed by atoms with E-state index >= 15 is 0 Å². The Morgan fingerprint density at radius 3 is 2.29 bits per heavy atom. The number of hydrogen-bond acceptors (Lipinski definition) is 3. The molecule has 5 nitrogen and oxygen atoms in total. The lowest BCUT2D eigenvalue weighted by Crippen LogP contribution is -2.29. The van der Waals surface area contributed by atoms with Crippen molar-refractivity contribution in [2.24, 2.45) is 0 Å². The van der Waals surface area contributed by atoms with Gasteiger partial charge in [0.25, 0.3) is 5.91 Å². The van der Waals surface area contributed by atoms with E-state index in [1.165, 1.54) is 0 Å². The number of hydrogen-bond donors (Lipinski definition) is 1. The highest BCUT2D eigenvalue weighted by atomic mass is 79.9. The fourth-order valence-corrected chi connectivity index (χ4v) is 4.31. The fourth-order valence-electron chi connectivity index (χ4n) is 4.05. The van der Waals surface area contributed by atoms with Crippen molar-refractivity contribution < 1.29 is 9.53 Å². The molecule has 0 spiro atoms. The van der Waals surface area contributed by atoms with Gasteiger partial charge in [0.15, 0.2) is 0 Å². The number of ether oxygens (including phenoxy) is 1. The summed E-state index contributed by atoms with van der Waals surface area (Å²) in [6, 6.07) is 23.5. The minimum atomic E-state index is -0.298. The predicted octanol–water partition coefficient (Wildman–Crippen LogP) is 5.91. The molecule has 1 aliphatic heterocycles. The first-order valence-electron chi connectivity index (χ1n) is 9.95. The Bertz CT molecular complexity index is 1250. The summed E-state index contributed by atoms with van der Waals surface area (Å²) >= 11 is 3.49.